The SMILES string of the molecule is O=C(NC1CCCCC1)c1ccc(N2CCN(c3cccc(Cl)c3)CC2)cn1. The van der Waals surface area contributed by atoms with Crippen molar-refractivity contribution in [1.29, 1.82) is 0 Å². The molecule has 0 atom stereocenters. The van der Waals surface area contributed by atoms with Gasteiger partial charge in [0.15, 0.2) is 0 Å². The number of hydrogen-bond acceptors (Lipinski definition) is 4. The van der Waals surface area contributed by atoms with Gasteiger partial charge in [-0.05, 0) is 43.2 Å². The van der Waals surface area contributed by atoms with E-state index in [0.717, 1.165) is 49.7 Å². The highest BCUT2D eigenvalue weighted by Gasteiger charge is 2.20. The van der Waals surface area contributed by atoms with Crippen molar-refractivity contribution in [1.82, 2.24) is 10.3 Å². The molecule has 5 nitrogen and oxygen atoms in total. The lowest BCUT2D eigenvalue weighted by Gasteiger charge is -2.37. The van der Waals surface area contributed by atoms with Crippen molar-refractivity contribution in [3.63, 3.8) is 0 Å². The monoisotopic (exact) mass is 398 g/mol. The van der Waals surface area contributed by atoms with Crippen molar-refractivity contribution >= 4 is 28.9 Å². The van der Waals surface area contributed by atoms with Gasteiger partial charge >= 0.3 is 0 Å². The molecule has 6 heteroatoms. The first-order valence-electron chi connectivity index (χ1n) is 10.2. The van der Waals surface area contributed by atoms with Gasteiger partial charge in [-0.15, -0.1) is 0 Å². The van der Waals surface area contributed by atoms with Crippen LogP contribution in [0.5, 0.6) is 0 Å². The zero-order valence-corrected chi connectivity index (χ0v) is 16.9. The van der Waals surface area contributed by atoms with E-state index in [1.165, 1.54) is 24.9 Å². The molecule has 28 heavy (non-hydrogen) atoms. The molecule has 1 aliphatic heterocycles. The molecule has 0 spiro atoms. The van der Waals surface area contributed by atoms with E-state index < -0.39 is 0 Å². The molecule has 148 valence electrons. The number of anilines is 2. The van der Waals surface area contributed by atoms with Crippen LogP contribution in [0.25, 0.3) is 0 Å². The van der Waals surface area contributed by atoms with Crippen molar-refractivity contribution in [3.8, 4) is 0 Å². The van der Waals surface area contributed by atoms with Gasteiger partial charge in [0, 0.05) is 42.9 Å². The highest BCUT2D eigenvalue weighted by molar-refractivity contribution is 6.30. The van der Waals surface area contributed by atoms with E-state index in [1.54, 1.807) is 0 Å². The van der Waals surface area contributed by atoms with Crippen molar-refractivity contribution in [3.05, 3.63) is 53.3 Å². The molecule has 1 aliphatic carbocycles. The predicted molar refractivity (Wildman–Crippen MR) is 114 cm³/mol. The van der Waals surface area contributed by atoms with Crippen LogP contribution in [-0.2, 0) is 0 Å². The van der Waals surface area contributed by atoms with E-state index in [0.29, 0.717) is 11.7 Å². The van der Waals surface area contributed by atoms with Crippen LogP contribution in [0.4, 0.5) is 11.4 Å². The highest BCUT2D eigenvalue weighted by atomic mass is 35.5. The Morgan fingerprint density at radius 2 is 1.68 bits per heavy atom. The fraction of sp³-hybridized carbons (Fsp3) is 0.455. The lowest BCUT2D eigenvalue weighted by Crippen LogP contribution is -2.46. The molecule has 2 aliphatic rings. The molecule has 0 radical (unpaired) electrons. The van der Waals surface area contributed by atoms with E-state index in [2.05, 4.69) is 26.2 Å². The summed E-state index contributed by atoms with van der Waals surface area (Å²) in [5.74, 6) is -0.0516. The first-order valence-corrected chi connectivity index (χ1v) is 10.6. The van der Waals surface area contributed by atoms with Crippen LogP contribution in [0.2, 0.25) is 5.02 Å². The van der Waals surface area contributed by atoms with E-state index in [1.807, 2.05) is 36.5 Å². The highest BCUT2D eigenvalue weighted by Crippen LogP contribution is 2.23. The molecule has 2 fully saturated rings. The Kier molecular flexibility index (Phi) is 6.01. The summed E-state index contributed by atoms with van der Waals surface area (Å²) < 4.78 is 0. The van der Waals surface area contributed by atoms with Crippen LogP contribution in [0.1, 0.15) is 42.6 Å². The fourth-order valence-corrected chi connectivity index (χ4v) is 4.29. The number of nitrogens with one attached hydrogen (secondary N) is 1. The Labute approximate surface area is 171 Å². The normalized spacial score (nSPS) is 18.2. The standard InChI is InChI=1S/C22H27ClN4O/c23-17-5-4-8-19(15-17)26-11-13-27(14-12-26)20-9-10-21(24-16-20)22(28)25-18-6-2-1-3-7-18/h4-5,8-10,15-16,18H,1-3,6-7,11-14H2,(H,25,28). The van der Waals surface area contributed by atoms with Gasteiger partial charge < -0.3 is 15.1 Å². The third-order valence-electron chi connectivity index (χ3n) is 5.74. The third kappa shape index (κ3) is 4.58. The minimum atomic E-state index is -0.0516. The number of hydrogen-bond donors (Lipinski definition) is 1. The molecular formula is C22H27ClN4O. The molecular weight excluding hydrogens is 372 g/mol. The minimum Gasteiger partial charge on any atom is -0.368 e. The zero-order valence-electron chi connectivity index (χ0n) is 16.1. The number of halogens is 1. The summed E-state index contributed by atoms with van der Waals surface area (Å²) in [6.45, 7) is 3.71. The maximum absolute atomic E-state index is 12.4. The number of piperazine rings is 1. The summed E-state index contributed by atoms with van der Waals surface area (Å²) in [6, 6.07) is 12.2. The lowest BCUT2D eigenvalue weighted by atomic mass is 9.95. The van der Waals surface area contributed by atoms with Gasteiger partial charge in [-0.3, -0.25) is 4.79 Å². The molecule has 1 aromatic carbocycles. The van der Waals surface area contributed by atoms with E-state index >= 15 is 0 Å². The topological polar surface area (TPSA) is 48.5 Å². The van der Waals surface area contributed by atoms with Crippen molar-refractivity contribution in [2.45, 2.75) is 38.1 Å². The van der Waals surface area contributed by atoms with E-state index in [9.17, 15) is 4.79 Å². The summed E-state index contributed by atoms with van der Waals surface area (Å²) in [4.78, 5) is 21.5. The average Bonchev–Trinajstić information content (AvgIpc) is 2.75. The van der Waals surface area contributed by atoms with Gasteiger partial charge in [-0.1, -0.05) is 36.9 Å². The van der Waals surface area contributed by atoms with Gasteiger partial charge in [-0.25, -0.2) is 4.98 Å². The molecule has 1 amide bonds. The number of carbonyl (C=O) groups is 1. The average molecular weight is 399 g/mol. The number of nitrogens with zero attached hydrogens (tertiary/aromatic N) is 3. The number of pyridine rings is 1. The van der Waals surface area contributed by atoms with Crippen LogP contribution in [0, 0.1) is 0 Å². The van der Waals surface area contributed by atoms with Gasteiger partial charge in [0.05, 0.1) is 11.9 Å². The first kappa shape index (κ1) is 19.1. The number of aromatic nitrogens is 1. The first-order chi connectivity index (χ1) is 13.7. The molecule has 2 heterocycles. The van der Waals surface area contributed by atoms with Crippen LogP contribution >= 0.6 is 11.6 Å². The van der Waals surface area contributed by atoms with Crippen molar-refractivity contribution < 1.29 is 4.79 Å². The Hall–Kier alpha value is -2.27. The van der Waals surface area contributed by atoms with E-state index in [-0.39, 0.29) is 5.91 Å². The second-order valence-corrected chi connectivity index (χ2v) is 8.10. The van der Waals surface area contributed by atoms with Crippen molar-refractivity contribution in [2.24, 2.45) is 0 Å². The minimum absolute atomic E-state index is 0.0516. The summed E-state index contributed by atoms with van der Waals surface area (Å²) in [5, 5.41) is 3.90. The molecule has 0 bridgehead atoms. The van der Waals surface area contributed by atoms with Gasteiger partial charge in [0.2, 0.25) is 0 Å². The van der Waals surface area contributed by atoms with Crippen LogP contribution in [0.3, 0.4) is 0 Å². The second kappa shape index (κ2) is 8.82. The predicted octanol–water partition coefficient (Wildman–Crippen LogP) is 4.12. The van der Waals surface area contributed by atoms with E-state index in [4.69, 9.17) is 11.6 Å². The van der Waals surface area contributed by atoms with Gasteiger partial charge in [0.25, 0.3) is 5.91 Å². The number of rotatable bonds is 4. The smallest absolute Gasteiger partial charge is 0.270 e. The zero-order chi connectivity index (χ0) is 19.3. The fourth-order valence-electron chi connectivity index (χ4n) is 4.11. The Morgan fingerprint density at radius 1 is 0.964 bits per heavy atom. The molecule has 1 N–H and O–H groups in total. The summed E-state index contributed by atoms with van der Waals surface area (Å²) in [7, 11) is 0. The molecule has 1 saturated carbocycles. The van der Waals surface area contributed by atoms with Crippen LogP contribution in [-0.4, -0.2) is 43.1 Å². The molecule has 4 rings (SSSR count). The van der Waals surface area contributed by atoms with Gasteiger partial charge in [0.1, 0.15) is 5.69 Å². The maximum Gasteiger partial charge on any atom is 0.270 e. The molecule has 1 aromatic heterocycles. The summed E-state index contributed by atoms with van der Waals surface area (Å²) in [6.07, 6.45) is 7.69. The quantitative estimate of drug-likeness (QED) is 0.841. The number of benzene rings is 1. The Morgan fingerprint density at radius 3 is 2.32 bits per heavy atom. The van der Waals surface area contributed by atoms with Crippen LogP contribution in [0.15, 0.2) is 42.6 Å². The third-order valence-corrected chi connectivity index (χ3v) is 5.97. The van der Waals surface area contributed by atoms with Crippen molar-refractivity contribution in [2.75, 3.05) is 36.0 Å². The lowest BCUT2D eigenvalue weighted by molar-refractivity contribution is 0.0922. The van der Waals surface area contributed by atoms with Crippen LogP contribution < -0.4 is 15.1 Å². The maximum atomic E-state index is 12.4. The molecule has 1 saturated heterocycles. The summed E-state index contributed by atoms with van der Waals surface area (Å²) >= 11 is 6.11. The number of amides is 1. The molecule has 2 aromatic rings. The number of carbonyl (C=O) groups excluding carboxylic acids is 1. The van der Waals surface area contributed by atoms with Gasteiger partial charge in [-0.2, -0.15) is 0 Å². The Balaban J connectivity index is 1.32. The Bertz CT molecular complexity index is 796. The summed E-state index contributed by atoms with van der Waals surface area (Å²) in [5.41, 5.74) is 2.74. The second-order valence-electron chi connectivity index (χ2n) is 7.66. The largest absolute Gasteiger partial charge is 0.368 e. The molecule has 0 unspecified atom stereocenters.